The molecular formula is C11H16N4O2S2. The summed E-state index contributed by atoms with van der Waals surface area (Å²) in [6.45, 7) is 1.83. The molecule has 19 heavy (non-hydrogen) atoms. The van der Waals surface area contributed by atoms with E-state index in [2.05, 4.69) is 28.4 Å². The van der Waals surface area contributed by atoms with Gasteiger partial charge in [-0.15, -0.1) is 23.1 Å². The zero-order chi connectivity index (χ0) is 13.8. The molecule has 0 amide bonds. The Morgan fingerprint density at radius 3 is 2.95 bits per heavy atom. The van der Waals surface area contributed by atoms with Gasteiger partial charge in [0, 0.05) is 16.0 Å². The third-order valence-electron chi connectivity index (χ3n) is 2.51. The minimum Gasteiger partial charge on any atom is -0.394 e. The summed E-state index contributed by atoms with van der Waals surface area (Å²) in [6, 6.07) is 2.06. The van der Waals surface area contributed by atoms with Gasteiger partial charge in [0.15, 0.2) is 0 Å². The predicted octanol–water partition coefficient (Wildman–Crippen LogP) is 0.985. The van der Waals surface area contributed by atoms with Crippen LogP contribution in [0.5, 0.6) is 0 Å². The van der Waals surface area contributed by atoms with E-state index in [0.29, 0.717) is 11.7 Å². The Balaban J connectivity index is 2.35. The van der Waals surface area contributed by atoms with Crippen molar-refractivity contribution in [1.82, 2.24) is 9.97 Å². The molecule has 0 bridgehead atoms. The Labute approximate surface area is 119 Å². The number of anilines is 1. The van der Waals surface area contributed by atoms with Crippen molar-refractivity contribution in [2.45, 2.75) is 24.5 Å². The lowest BCUT2D eigenvalue weighted by Crippen LogP contribution is -2.15. The van der Waals surface area contributed by atoms with E-state index in [1.54, 1.807) is 11.3 Å². The topological polar surface area (TPSA) is 104 Å². The number of nitrogen functional groups attached to an aromatic ring is 1. The lowest BCUT2D eigenvalue weighted by Gasteiger charge is -2.07. The van der Waals surface area contributed by atoms with Crippen molar-refractivity contribution in [2.75, 3.05) is 17.8 Å². The lowest BCUT2D eigenvalue weighted by atomic mass is 10.3. The van der Waals surface area contributed by atoms with E-state index in [1.807, 2.05) is 0 Å². The van der Waals surface area contributed by atoms with Crippen LogP contribution in [0.4, 0.5) is 5.95 Å². The summed E-state index contributed by atoms with van der Waals surface area (Å²) in [5, 5.41) is 20.0. The number of hydrazine groups is 1. The highest BCUT2D eigenvalue weighted by atomic mass is 32.2. The predicted molar refractivity (Wildman–Crippen MR) is 78.4 cm³/mol. The minimum absolute atomic E-state index is 0.257. The van der Waals surface area contributed by atoms with Crippen LogP contribution in [0, 0.1) is 0 Å². The molecule has 0 aliphatic heterocycles. The zero-order valence-electron chi connectivity index (χ0n) is 10.5. The maximum atomic E-state index is 9.42. The standard InChI is InChI=1S/C11H16N4O2S2/c1-2-7-3-8-9(18-5-6(17)4-16)13-11(15-12)14-10(8)19-7/h3,6,16-17H,2,4-5,12H2,1H3,(H,13,14,15). The van der Waals surface area contributed by atoms with Crippen LogP contribution >= 0.6 is 23.1 Å². The molecule has 0 radical (unpaired) electrons. The Hall–Kier alpha value is -0.930. The Morgan fingerprint density at radius 1 is 1.53 bits per heavy atom. The minimum atomic E-state index is -0.756. The molecule has 0 saturated heterocycles. The van der Waals surface area contributed by atoms with Gasteiger partial charge in [-0.3, -0.25) is 5.43 Å². The number of nitrogens with two attached hydrogens (primary N) is 1. The van der Waals surface area contributed by atoms with E-state index in [0.717, 1.165) is 21.7 Å². The molecule has 0 saturated carbocycles. The monoisotopic (exact) mass is 300 g/mol. The molecule has 0 spiro atoms. The molecule has 2 aromatic rings. The van der Waals surface area contributed by atoms with Crippen LogP contribution in [0.1, 0.15) is 11.8 Å². The van der Waals surface area contributed by atoms with Gasteiger partial charge in [0.2, 0.25) is 5.95 Å². The average molecular weight is 300 g/mol. The van der Waals surface area contributed by atoms with Crippen LogP contribution in [0.3, 0.4) is 0 Å². The number of aryl methyl sites for hydroxylation is 1. The van der Waals surface area contributed by atoms with Crippen LogP contribution in [-0.4, -0.2) is 38.6 Å². The number of aromatic nitrogens is 2. The highest BCUT2D eigenvalue weighted by Crippen LogP contribution is 2.32. The zero-order valence-corrected chi connectivity index (χ0v) is 12.1. The number of hydrogen-bond donors (Lipinski definition) is 4. The van der Waals surface area contributed by atoms with Crippen LogP contribution < -0.4 is 11.3 Å². The van der Waals surface area contributed by atoms with E-state index in [-0.39, 0.29) is 6.61 Å². The first-order valence-electron chi connectivity index (χ1n) is 5.86. The molecule has 1 atom stereocenters. The second-order valence-corrected chi connectivity index (χ2v) is 6.05. The molecule has 0 aliphatic carbocycles. The molecule has 104 valence electrons. The summed E-state index contributed by atoms with van der Waals surface area (Å²) in [4.78, 5) is 10.7. The highest BCUT2D eigenvalue weighted by Gasteiger charge is 2.13. The smallest absolute Gasteiger partial charge is 0.239 e. The van der Waals surface area contributed by atoms with Crippen LogP contribution in [0.25, 0.3) is 10.2 Å². The van der Waals surface area contributed by atoms with Crippen LogP contribution in [0.15, 0.2) is 11.1 Å². The Bertz CT molecular complexity index is 561. The number of aliphatic hydroxyl groups excluding tert-OH is 2. The van der Waals surface area contributed by atoms with Gasteiger partial charge in [-0.2, -0.15) is 0 Å². The van der Waals surface area contributed by atoms with E-state index in [4.69, 9.17) is 10.9 Å². The SMILES string of the molecule is CCc1cc2c(SCC(O)CO)nc(NN)nc2s1. The molecule has 0 aromatic carbocycles. The first-order chi connectivity index (χ1) is 9.17. The van der Waals surface area contributed by atoms with E-state index in [9.17, 15) is 5.11 Å². The number of aliphatic hydroxyl groups is 2. The maximum Gasteiger partial charge on any atom is 0.239 e. The molecule has 2 heterocycles. The molecule has 2 aromatic heterocycles. The summed E-state index contributed by atoms with van der Waals surface area (Å²) < 4.78 is 0. The Kier molecular flexibility index (Phi) is 4.94. The maximum absolute atomic E-state index is 9.42. The number of fused-ring (bicyclic) bond motifs is 1. The van der Waals surface area contributed by atoms with Crippen molar-refractivity contribution >= 4 is 39.3 Å². The lowest BCUT2D eigenvalue weighted by molar-refractivity contribution is 0.113. The van der Waals surface area contributed by atoms with Crippen LogP contribution in [-0.2, 0) is 6.42 Å². The van der Waals surface area contributed by atoms with E-state index < -0.39 is 6.10 Å². The van der Waals surface area contributed by atoms with Crippen molar-refractivity contribution in [1.29, 1.82) is 0 Å². The largest absolute Gasteiger partial charge is 0.394 e. The number of hydrogen-bond acceptors (Lipinski definition) is 8. The van der Waals surface area contributed by atoms with Gasteiger partial charge in [-0.05, 0) is 12.5 Å². The van der Waals surface area contributed by atoms with Crippen molar-refractivity contribution in [3.05, 3.63) is 10.9 Å². The first-order valence-corrected chi connectivity index (χ1v) is 7.67. The average Bonchev–Trinajstić information content (AvgIpc) is 2.86. The number of thiophene rings is 1. The van der Waals surface area contributed by atoms with Crippen LogP contribution in [0.2, 0.25) is 0 Å². The first kappa shape index (κ1) is 14.5. The highest BCUT2D eigenvalue weighted by molar-refractivity contribution is 7.99. The van der Waals surface area contributed by atoms with Gasteiger partial charge in [0.1, 0.15) is 9.86 Å². The van der Waals surface area contributed by atoms with E-state index in [1.165, 1.54) is 16.6 Å². The number of rotatable bonds is 6. The number of nitrogens with zero attached hydrogens (tertiary/aromatic N) is 2. The van der Waals surface area contributed by atoms with Crippen molar-refractivity contribution in [3.63, 3.8) is 0 Å². The fraction of sp³-hybridized carbons (Fsp3) is 0.455. The normalized spacial score (nSPS) is 12.8. The van der Waals surface area contributed by atoms with Gasteiger partial charge in [0.25, 0.3) is 0 Å². The molecule has 6 nitrogen and oxygen atoms in total. The van der Waals surface area contributed by atoms with Gasteiger partial charge in [-0.1, -0.05) is 6.92 Å². The summed E-state index contributed by atoms with van der Waals surface area (Å²) >= 11 is 3.00. The number of nitrogens with one attached hydrogen (secondary N) is 1. The molecule has 0 fully saturated rings. The quantitative estimate of drug-likeness (QED) is 0.273. The van der Waals surface area contributed by atoms with Gasteiger partial charge < -0.3 is 10.2 Å². The molecule has 2 rings (SSSR count). The van der Waals surface area contributed by atoms with Gasteiger partial charge in [-0.25, -0.2) is 15.8 Å². The second-order valence-electron chi connectivity index (χ2n) is 3.93. The molecular weight excluding hydrogens is 284 g/mol. The van der Waals surface area contributed by atoms with E-state index >= 15 is 0 Å². The van der Waals surface area contributed by atoms with Crippen molar-refractivity contribution in [2.24, 2.45) is 5.84 Å². The van der Waals surface area contributed by atoms with Gasteiger partial charge in [0.05, 0.1) is 12.7 Å². The molecule has 0 aliphatic rings. The summed E-state index contributed by atoms with van der Waals surface area (Å²) in [5.74, 6) is 6.10. The fourth-order valence-electron chi connectivity index (χ4n) is 1.52. The summed E-state index contributed by atoms with van der Waals surface area (Å²) in [7, 11) is 0. The summed E-state index contributed by atoms with van der Waals surface area (Å²) in [6.07, 6.45) is 0.184. The fourth-order valence-corrected chi connectivity index (χ4v) is 3.47. The van der Waals surface area contributed by atoms with Crippen molar-refractivity contribution in [3.8, 4) is 0 Å². The van der Waals surface area contributed by atoms with Gasteiger partial charge >= 0.3 is 0 Å². The molecule has 8 heteroatoms. The second kappa shape index (κ2) is 6.49. The molecule has 1 unspecified atom stereocenters. The number of thioether (sulfide) groups is 1. The Morgan fingerprint density at radius 2 is 2.32 bits per heavy atom. The van der Waals surface area contributed by atoms with Crippen molar-refractivity contribution < 1.29 is 10.2 Å². The third kappa shape index (κ3) is 3.34. The molecule has 5 N–H and O–H groups in total. The third-order valence-corrected chi connectivity index (χ3v) is 4.82. The summed E-state index contributed by atoms with van der Waals surface area (Å²) in [5.41, 5.74) is 2.45.